The molecule has 3 aromatic rings. The van der Waals surface area contributed by atoms with E-state index in [0.717, 1.165) is 36.0 Å². The van der Waals surface area contributed by atoms with Crippen LogP contribution in [0.15, 0.2) is 60.7 Å². The standard InChI is InChI=1S/C30H28F2/c1-3-5-6-7-8-28-20-18-26(22-30(28)32)16-14-24-11-9-23(10-12-24)13-15-25-17-19-27(4-2)29(31)21-25/h9-12,17-22H,3-8H2,1-2H3. The third kappa shape index (κ3) is 6.83. The quantitative estimate of drug-likeness (QED) is 0.284. The molecule has 0 aliphatic carbocycles. The number of benzene rings is 3. The summed E-state index contributed by atoms with van der Waals surface area (Å²) in [5.41, 5.74) is 4.44. The van der Waals surface area contributed by atoms with Gasteiger partial charge < -0.3 is 0 Å². The van der Waals surface area contributed by atoms with Crippen molar-refractivity contribution < 1.29 is 8.78 Å². The van der Waals surface area contributed by atoms with Gasteiger partial charge in [0.05, 0.1) is 0 Å². The van der Waals surface area contributed by atoms with Crippen molar-refractivity contribution in [1.82, 2.24) is 0 Å². The fraction of sp³-hybridized carbons (Fsp3) is 0.267. The van der Waals surface area contributed by atoms with Gasteiger partial charge in [-0.05, 0) is 78.9 Å². The number of hydrogen-bond acceptors (Lipinski definition) is 0. The molecular formula is C30H28F2. The first-order valence-corrected chi connectivity index (χ1v) is 11.3. The van der Waals surface area contributed by atoms with E-state index in [1.54, 1.807) is 6.07 Å². The summed E-state index contributed by atoms with van der Waals surface area (Å²) >= 11 is 0. The highest BCUT2D eigenvalue weighted by Crippen LogP contribution is 2.14. The zero-order valence-corrected chi connectivity index (χ0v) is 18.8. The van der Waals surface area contributed by atoms with E-state index in [0.29, 0.717) is 23.1 Å². The molecule has 0 aliphatic heterocycles. The molecule has 0 amide bonds. The topological polar surface area (TPSA) is 0 Å². The molecule has 0 heterocycles. The minimum Gasteiger partial charge on any atom is -0.207 e. The zero-order valence-electron chi connectivity index (χ0n) is 18.8. The van der Waals surface area contributed by atoms with Crippen molar-refractivity contribution in [3.63, 3.8) is 0 Å². The molecular weight excluding hydrogens is 398 g/mol. The van der Waals surface area contributed by atoms with Crippen LogP contribution in [-0.2, 0) is 12.8 Å². The molecule has 32 heavy (non-hydrogen) atoms. The fourth-order valence-corrected chi connectivity index (χ4v) is 3.41. The Labute approximate surface area is 190 Å². The largest absolute Gasteiger partial charge is 0.207 e. The molecule has 0 bridgehead atoms. The van der Waals surface area contributed by atoms with E-state index in [9.17, 15) is 8.78 Å². The Balaban J connectivity index is 1.63. The predicted octanol–water partition coefficient (Wildman–Crippen LogP) is 7.45. The van der Waals surface area contributed by atoms with Gasteiger partial charge in [0.1, 0.15) is 11.6 Å². The van der Waals surface area contributed by atoms with Crippen molar-refractivity contribution in [3.05, 3.63) is 106 Å². The third-order valence-electron chi connectivity index (χ3n) is 5.37. The Morgan fingerprint density at radius 2 is 1.03 bits per heavy atom. The molecule has 2 heteroatoms. The molecule has 0 nitrogen and oxygen atoms in total. The Kier molecular flexibility index (Phi) is 8.65. The summed E-state index contributed by atoms with van der Waals surface area (Å²) in [7, 11) is 0. The maximum Gasteiger partial charge on any atom is 0.127 e. The first-order valence-electron chi connectivity index (χ1n) is 11.3. The number of aryl methyl sites for hydroxylation is 2. The van der Waals surface area contributed by atoms with Gasteiger partial charge in [-0.2, -0.15) is 0 Å². The van der Waals surface area contributed by atoms with E-state index in [1.807, 2.05) is 49.4 Å². The van der Waals surface area contributed by atoms with Gasteiger partial charge in [-0.1, -0.05) is 68.9 Å². The van der Waals surface area contributed by atoms with E-state index < -0.39 is 0 Å². The molecule has 0 N–H and O–H groups in total. The first-order chi connectivity index (χ1) is 15.6. The summed E-state index contributed by atoms with van der Waals surface area (Å²) in [4.78, 5) is 0. The van der Waals surface area contributed by atoms with E-state index in [4.69, 9.17) is 0 Å². The fourth-order valence-electron chi connectivity index (χ4n) is 3.41. The van der Waals surface area contributed by atoms with Crippen molar-refractivity contribution in [2.75, 3.05) is 0 Å². The van der Waals surface area contributed by atoms with Gasteiger partial charge in [0.15, 0.2) is 0 Å². The van der Waals surface area contributed by atoms with Crippen LogP contribution in [0.3, 0.4) is 0 Å². The lowest BCUT2D eigenvalue weighted by molar-refractivity contribution is 0.593. The second-order valence-corrected chi connectivity index (χ2v) is 7.85. The zero-order chi connectivity index (χ0) is 22.8. The monoisotopic (exact) mass is 426 g/mol. The van der Waals surface area contributed by atoms with Crippen LogP contribution in [0.2, 0.25) is 0 Å². The summed E-state index contributed by atoms with van der Waals surface area (Å²) in [6, 6.07) is 17.9. The van der Waals surface area contributed by atoms with Crippen molar-refractivity contribution in [2.45, 2.75) is 52.4 Å². The van der Waals surface area contributed by atoms with Crippen molar-refractivity contribution in [3.8, 4) is 23.7 Å². The molecule has 0 aromatic heterocycles. The molecule has 0 saturated heterocycles. The highest BCUT2D eigenvalue weighted by molar-refractivity contribution is 5.48. The first kappa shape index (κ1) is 23.3. The molecule has 0 aliphatic rings. The molecule has 0 radical (unpaired) electrons. The van der Waals surface area contributed by atoms with Crippen LogP contribution in [0, 0.1) is 35.3 Å². The minimum absolute atomic E-state index is 0.178. The molecule has 3 rings (SSSR count). The second kappa shape index (κ2) is 11.9. The Morgan fingerprint density at radius 3 is 1.50 bits per heavy atom. The number of rotatable bonds is 6. The van der Waals surface area contributed by atoms with Crippen molar-refractivity contribution >= 4 is 0 Å². The maximum atomic E-state index is 14.3. The lowest BCUT2D eigenvalue weighted by Gasteiger charge is -2.03. The van der Waals surface area contributed by atoms with Crippen LogP contribution >= 0.6 is 0 Å². The van der Waals surface area contributed by atoms with E-state index in [1.165, 1.54) is 25.0 Å². The minimum atomic E-state index is -0.217. The Hall–Kier alpha value is -3.36. The van der Waals surface area contributed by atoms with Gasteiger partial charge in [0.2, 0.25) is 0 Å². The van der Waals surface area contributed by atoms with Gasteiger partial charge in [-0.25, -0.2) is 8.78 Å². The van der Waals surface area contributed by atoms with E-state index in [-0.39, 0.29) is 11.6 Å². The average Bonchev–Trinajstić information content (AvgIpc) is 2.81. The second-order valence-electron chi connectivity index (χ2n) is 7.85. The molecule has 162 valence electrons. The van der Waals surface area contributed by atoms with Crippen LogP contribution in [0.4, 0.5) is 8.78 Å². The lowest BCUT2D eigenvalue weighted by atomic mass is 10.0. The van der Waals surface area contributed by atoms with Gasteiger partial charge in [-0.3, -0.25) is 0 Å². The van der Waals surface area contributed by atoms with Crippen LogP contribution in [0.25, 0.3) is 0 Å². The predicted molar refractivity (Wildman–Crippen MR) is 128 cm³/mol. The van der Waals surface area contributed by atoms with Crippen LogP contribution in [0.5, 0.6) is 0 Å². The molecule has 0 atom stereocenters. The van der Waals surface area contributed by atoms with Gasteiger partial charge >= 0.3 is 0 Å². The van der Waals surface area contributed by atoms with E-state index >= 15 is 0 Å². The van der Waals surface area contributed by atoms with Crippen molar-refractivity contribution in [1.29, 1.82) is 0 Å². The molecule has 0 unspecified atom stereocenters. The van der Waals surface area contributed by atoms with Gasteiger partial charge in [-0.15, -0.1) is 0 Å². The molecule has 0 spiro atoms. The number of halogens is 2. The molecule has 3 aromatic carbocycles. The lowest BCUT2D eigenvalue weighted by Crippen LogP contribution is -1.92. The number of unbranched alkanes of at least 4 members (excludes halogenated alkanes) is 3. The highest BCUT2D eigenvalue weighted by Gasteiger charge is 2.03. The highest BCUT2D eigenvalue weighted by atomic mass is 19.1. The summed E-state index contributed by atoms with van der Waals surface area (Å²) in [5, 5.41) is 0. The molecule has 0 fully saturated rings. The SMILES string of the molecule is CCCCCCc1ccc(C#Cc2ccc(C#Cc3ccc(CC)c(F)c3)cc2)cc1F. The summed E-state index contributed by atoms with van der Waals surface area (Å²) in [6.07, 6.45) is 5.97. The summed E-state index contributed by atoms with van der Waals surface area (Å²) in [5.74, 6) is 11.8. The van der Waals surface area contributed by atoms with E-state index in [2.05, 4.69) is 30.6 Å². The van der Waals surface area contributed by atoms with Gasteiger partial charge in [0.25, 0.3) is 0 Å². The average molecular weight is 427 g/mol. The van der Waals surface area contributed by atoms with Crippen LogP contribution in [-0.4, -0.2) is 0 Å². The van der Waals surface area contributed by atoms with Gasteiger partial charge in [0, 0.05) is 22.3 Å². The normalized spacial score (nSPS) is 10.1. The van der Waals surface area contributed by atoms with Crippen molar-refractivity contribution in [2.24, 2.45) is 0 Å². The summed E-state index contributed by atoms with van der Waals surface area (Å²) < 4.78 is 28.2. The molecule has 0 saturated carbocycles. The third-order valence-corrected chi connectivity index (χ3v) is 5.37. The Morgan fingerprint density at radius 1 is 0.562 bits per heavy atom. The number of hydrogen-bond donors (Lipinski definition) is 0. The Bertz CT molecular complexity index is 1170. The maximum absolute atomic E-state index is 14.3. The van der Waals surface area contributed by atoms with Crippen LogP contribution in [0.1, 0.15) is 72.9 Å². The summed E-state index contributed by atoms with van der Waals surface area (Å²) in [6.45, 7) is 4.10. The van der Waals surface area contributed by atoms with Crippen LogP contribution < -0.4 is 0 Å². The smallest absolute Gasteiger partial charge is 0.127 e.